The van der Waals surface area contributed by atoms with Gasteiger partial charge in [-0.3, -0.25) is 15.4 Å². The van der Waals surface area contributed by atoms with Gasteiger partial charge in [0.05, 0.1) is 0 Å². The van der Waals surface area contributed by atoms with Gasteiger partial charge in [0, 0.05) is 37.4 Å². The minimum absolute atomic E-state index is 0.000468. The quantitative estimate of drug-likeness (QED) is 0.151. The molecular formula is C43H58FN7O10. The molecule has 61 heavy (non-hydrogen) atoms. The van der Waals surface area contributed by atoms with Crippen molar-refractivity contribution in [2.75, 3.05) is 31.5 Å². The Morgan fingerprint density at radius 2 is 1.10 bits per heavy atom. The van der Waals surface area contributed by atoms with E-state index in [4.69, 9.17) is 23.4 Å². The minimum Gasteiger partial charge on any atom is -0.451 e. The van der Waals surface area contributed by atoms with Crippen LogP contribution in [-0.2, 0) is 18.9 Å². The first-order valence-electron chi connectivity index (χ1n) is 19.9. The number of carbonyl (C=O) groups is 5. The molecular weight excluding hydrogens is 794 g/mol. The molecule has 2 aliphatic rings. The number of aliphatic imine (C=N–C) groups is 2. The Hall–Kier alpha value is -6.20. The van der Waals surface area contributed by atoms with Crippen LogP contribution in [0.1, 0.15) is 118 Å². The molecule has 3 heterocycles. The van der Waals surface area contributed by atoms with Gasteiger partial charge in [0.2, 0.25) is 11.9 Å². The Labute approximate surface area is 355 Å². The van der Waals surface area contributed by atoms with Gasteiger partial charge in [0.25, 0.3) is 5.91 Å². The zero-order valence-corrected chi connectivity index (χ0v) is 37.0. The van der Waals surface area contributed by atoms with Crippen molar-refractivity contribution in [2.45, 2.75) is 118 Å². The standard InChI is InChI=1S/C43H58FN7O10/c1-40(2,3)58-36(53)46-34(47-37(54)59-41(4,5)6)50-21-17-26(18-22-50)29-14-13-28(25-30(29)44)45-33(52)32-16-15-31(57-32)27-19-23-51(24-20-27)35(48-38(55)60-42(7,8)9)49-39(56)61-43(10,11)12/h13-17,19,25H,18,20-24H2,1-12H3,(H,45,52)(H,46,47,53,54)(H,48,49,55,56). The second kappa shape index (κ2) is 19.0. The van der Waals surface area contributed by atoms with E-state index >= 15 is 4.39 Å². The predicted octanol–water partition coefficient (Wildman–Crippen LogP) is 8.48. The van der Waals surface area contributed by atoms with Crippen LogP contribution < -0.4 is 16.0 Å². The van der Waals surface area contributed by atoms with Crippen LogP contribution in [-0.4, -0.2) is 101 Å². The number of carbonyl (C=O) groups excluding carboxylic acids is 5. The summed E-state index contributed by atoms with van der Waals surface area (Å²) in [5.74, 6) is -0.820. The Kier molecular flexibility index (Phi) is 14.8. The molecule has 4 rings (SSSR count). The third-order valence-electron chi connectivity index (χ3n) is 8.14. The molecule has 332 valence electrons. The van der Waals surface area contributed by atoms with Gasteiger partial charge in [0.15, 0.2) is 5.76 Å². The smallest absolute Gasteiger partial charge is 0.437 e. The summed E-state index contributed by atoms with van der Waals surface area (Å²) in [5.41, 5.74) is -1.20. The van der Waals surface area contributed by atoms with E-state index in [-0.39, 0.29) is 43.0 Å². The van der Waals surface area contributed by atoms with Crippen LogP contribution in [0, 0.1) is 5.82 Å². The average Bonchev–Trinajstić information content (AvgIpc) is 3.59. The highest BCUT2D eigenvalue weighted by molar-refractivity contribution is 6.03. The van der Waals surface area contributed by atoms with Gasteiger partial charge in [-0.25, -0.2) is 23.6 Å². The summed E-state index contributed by atoms with van der Waals surface area (Å²) in [6.07, 6.45) is 0.979. The number of hydrogen-bond donors (Lipinski definition) is 3. The van der Waals surface area contributed by atoms with Crippen LogP contribution in [0.2, 0.25) is 0 Å². The van der Waals surface area contributed by atoms with E-state index in [0.717, 1.165) is 5.57 Å². The summed E-state index contributed by atoms with van der Waals surface area (Å²) in [6.45, 7) is 21.5. The Balaban J connectivity index is 1.41. The molecule has 3 N–H and O–H groups in total. The Morgan fingerprint density at radius 1 is 0.639 bits per heavy atom. The second-order valence-electron chi connectivity index (χ2n) is 18.2. The van der Waals surface area contributed by atoms with Crippen LogP contribution in [0.5, 0.6) is 0 Å². The molecule has 0 saturated heterocycles. The Morgan fingerprint density at radius 3 is 1.51 bits per heavy atom. The first-order valence-corrected chi connectivity index (χ1v) is 19.9. The number of nitrogens with one attached hydrogen (secondary N) is 3. The second-order valence-corrected chi connectivity index (χ2v) is 18.2. The largest absolute Gasteiger partial charge is 0.451 e. The van der Waals surface area contributed by atoms with Gasteiger partial charge in [0.1, 0.15) is 34.0 Å². The maximum Gasteiger partial charge on any atom is 0.437 e. The first-order chi connectivity index (χ1) is 28.1. The summed E-state index contributed by atoms with van der Waals surface area (Å²) in [6, 6.07) is 7.51. The monoisotopic (exact) mass is 851 g/mol. The lowest BCUT2D eigenvalue weighted by Crippen LogP contribution is -2.48. The third kappa shape index (κ3) is 15.7. The molecule has 0 saturated carbocycles. The van der Waals surface area contributed by atoms with Crippen molar-refractivity contribution in [1.82, 2.24) is 20.4 Å². The van der Waals surface area contributed by atoms with E-state index in [0.29, 0.717) is 36.3 Å². The predicted molar refractivity (Wildman–Crippen MR) is 227 cm³/mol. The lowest BCUT2D eigenvalue weighted by Gasteiger charge is -2.30. The van der Waals surface area contributed by atoms with Crippen LogP contribution in [0.4, 0.5) is 29.3 Å². The average molecular weight is 852 g/mol. The first kappa shape index (κ1) is 47.5. The van der Waals surface area contributed by atoms with E-state index in [9.17, 15) is 24.0 Å². The number of guanidine groups is 2. The number of alkyl carbamates (subject to hydrolysis) is 2. The molecule has 5 amide bonds. The number of nitrogens with zero attached hydrogens (tertiary/aromatic N) is 4. The molecule has 0 fully saturated rings. The van der Waals surface area contributed by atoms with Gasteiger partial charge >= 0.3 is 24.4 Å². The summed E-state index contributed by atoms with van der Waals surface area (Å²) >= 11 is 0. The van der Waals surface area contributed by atoms with E-state index < -0.39 is 58.5 Å². The van der Waals surface area contributed by atoms with Crippen LogP contribution in [0.3, 0.4) is 0 Å². The number of benzene rings is 1. The van der Waals surface area contributed by atoms with E-state index in [1.165, 1.54) is 12.1 Å². The van der Waals surface area contributed by atoms with Gasteiger partial charge in [-0.15, -0.1) is 9.98 Å². The topological polar surface area (TPSA) is 203 Å². The van der Waals surface area contributed by atoms with E-state index in [1.54, 1.807) is 117 Å². The maximum atomic E-state index is 15.6. The third-order valence-corrected chi connectivity index (χ3v) is 8.14. The van der Waals surface area contributed by atoms with Crippen molar-refractivity contribution in [1.29, 1.82) is 0 Å². The number of rotatable bonds is 4. The van der Waals surface area contributed by atoms with Crippen molar-refractivity contribution in [2.24, 2.45) is 9.98 Å². The lowest BCUT2D eigenvalue weighted by molar-refractivity contribution is 0.0536. The van der Waals surface area contributed by atoms with E-state index in [1.807, 2.05) is 6.08 Å². The van der Waals surface area contributed by atoms with Gasteiger partial charge < -0.3 is 38.5 Å². The SMILES string of the molecule is CC(C)(C)OC(=O)/N=C(\NC(=O)OC(C)(C)C)N1CC=C(c2ccc(C(=O)Nc3ccc(C4=CCN(/C(=N/C(=O)OC(C)(C)C)NC(=O)OC(C)(C)C)CC4)c(F)c3)o2)CC1. The number of amides is 5. The summed E-state index contributed by atoms with van der Waals surface area (Å²) < 4.78 is 42.8. The summed E-state index contributed by atoms with van der Waals surface area (Å²) in [4.78, 5) is 74.8. The van der Waals surface area contributed by atoms with Crippen LogP contribution in [0.15, 0.2) is 56.9 Å². The van der Waals surface area contributed by atoms with Crippen molar-refractivity contribution in [3.8, 4) is 0 Å². The maximum absolute atomic E-state index is 15.6. The molecule has 0 unspecified atom stereocenters. The molecule has 1 aromatic carbocycles. The summed E-state index contributed by atoms with van der Waals surface area (Å²) in [7, 11) is 0. The molecule has 2 aliphatic heterocycles. The normalized spacial score (nSPS) is 15.6. The number of ether oxygens (including phenoxy) is 4. The molecule has 0 radical (unpaired) electrons. The molecule has 1 aromatic heterocycles. The Bertz CT molecular complexity index is 2110. The minimum atomic E-state index is -0.894. The number of hydrogen-bond acceptors (Lipinski definition) is 10. The van der Waals surface area contributed by atoms with E-state index in [2.05, 4.69) is 25.9 Å². The van der Waals surface area contributed by atoms with Gasteiger partial charge in [-0.1, -0.05) is 12.2 Å². The highest BCUT2D eigenvalue weighted by Crippen LogP contribution is 2.29. The van der Waals surface area contributed by atoms with Crippen LogP contribution in [0.25, 0.3) is 11.1 Å². The molecule has 0 atom stereocenters. The molecule has 0 spiro atoms. The zero-order valence-electron chi connectivity index (χ0n) is 37.0. The van der Waals surface area contributed by atoms with Crippen molar-refractivity contribution in [3.05, 3.63) is 65.4 Å². The molecule has 17 nitrogen and oxygen atoms in total. The summed E-state index contributed by atoms with van der Waals surface area (Å²) in [5, 5.41) is 7.76. The number of furan rings is 1. The fourth-order valence-electron chi connectivity index (χ4n) is 5.76. The molecule has 18 heteroatoms. The van der Waals surface area contributed by atoms with Gasteiger partial charge in [-0.2, -0.15) is 0 Å². The highest BCUT2D eigenvalue weighted by Gasteiger charge is 2.28. The fourth-order valence-corrected chi connectivity index (χ4v) is 5.76. The van der Waals surface area contributed by atoms with Crippen LogP contribution >= 0.6 is 0 Å². The lowest BCUT2D eigenvalue weighted by atomic mass is 9.98. The molecule has 0 bridgehead atoms. The van der Waals surface area contributed by atoms with Crippen molar-refractivity contribution in [3.63, 3.8) is 0 Å². The highest BCUT2D eigenvalue weighted by atomic mass is 19.1. The molecule has 0 aliphatic carbocycles. The van der Waals surface area contributed by atoms with Crippen molar-refractivity contribution < 1.29 is 51.7 Å². The molecule has 2 aromatic rings. The zero-order chi connectivity index (χ0) is 45.5. The number of halogens is 1. The fraction of sp³-hybridized carbons (Fsp3) is 0.512. The van der Waals surface area contributed by atoms with Gasteiger partial charge in [-0.05, 0) is 137 Å². The number of anilines is 1. The van der Waals surface area contributed by atoms with Crippen molar-refractivity contribution >= 4 is 59.0 Å².